The number of nitrogens with zero attached hydrogens (tertiary/aromatic N) is 1. The molecule has 2 amide bonds. The van der Waals surface area contributed by atoms with Gasteiger partial charge in [0, 0.05) is 6.54 Å². The van der Waals surface area contributed by atoms with E-state index in [2.05, 4.69) is 15.4 Å². The number of carbonyl (C=O) groups excluding carboxylic acids is 2. The minimum absolute atomic E-state index is 0.0346. The van der Waals surface area contributed by atoms with Crippen molar-refractivity contribution in [3.8, 4) is 6.07 Å². The number of hydrogen-bond donors (Lipinski definition) is 2. The maximum atomic E-state index is 11.2. The zero-order chi connectivity index (χ0) is 13.4. The maximum absolute atomic E-state index is 11.2. The molecule has 0 heterocycles. The summed E-state index contributed by atoms with van der Waals surface area (Å²) in [5.41, 5.74) is 1.30. The first-order chi connectivity index (χ1) is 8.67. The van der Waals surface area contributed by atoms with Crippen LogP contribution in [0.15, 0.2) is 24.3 Å². The third-order valence-electron chi connectivity index (χ3n) is 2.16. The van der Waals surface area contributed by atoms with E-state index in [9.17, 15) is 9.59 Å². The molecule has 6 nitrogen and oxygen atoms in total. The van der Waals surface area contributed by atoms with Crippen LogP contribution in [0.4, 0.5) is 4.79 Å². The van der Waals surface area contributed by atoms with Gasteiger partial charge in [-0.2, -0.15) is 5.26 Å². The van der Waals surface area contributed by atoms with E-state index in [1.54, 1.807) is 30.3 Å². The highest BCUT2D eigenvalue weighted by molar-refractivity contribution is 5.89. The summed E-state index contributed by atoms with van der Waals surface area (Å²) in [4.78, 5) is 22.3. The molecule has 1 aromatic rings. The molecule has 0 unspecified atom stereocenters. The van der Waals surface area contributed by atoms with Gasteiger partial charge in [-0.1, -0.05) is 12.1 Å². The smallest absolute Gasteiger partial charge is 0.337 e. The van der Waals surface area contributed by atoms with Gasteiger partial charge in [-0.25, -0.2) is 9.59 Å². The number of amides is 2. The Morgan fingerprint density at radius 1 is 1.28 bits per heavy atom. The Kier molecular flexibility index (Phi) is 5.19. The van der Waals surface area contributed by atoms with Gasteiger partial charge in [0.1, 0.15) is 6.54 Å². The summed E-state index contributed by atoms with van der Waals surface area (Å²) in [6, 6.07) is 8.07. The summed E-state index contributed by atoms with van der Waals surface area (Å²) in [5.74, 6) is -0.402. The van der Waals surface area contributed by atoms with E-state index in [0.717, 1.165) is 5.56 Å². The molecule has 0 fully saturated rings. The lowest BCUT2D eigenvalue weighted by Gasteiger charge is -2.05. The Labute approximate surface area is 105 Å². The maximum Gasteiger partial charge on any atom is 0.337 e. The summed E-state index contributed by atoms with van der Waals surface area (Å²) in [7, 11) is 1.32. The van der Waals surface area contributed by atoms with Gasteiger partial charge in [0.05, 0.1) is 18.7 Å². The molecule has 2 N–H and O–H groups in total. The third-order valence-corrected chi connectivity index (χ3v) is 2.16. The summed E-state index contributed by atoms with van der Waals surface area (Å²) < 4.78 is 4.57. The Balaban J connectivity index is 2.47. The largest absolute Gasteiger partial charge is 0.465 e. The molecule has 18 heavy (non-hydrogen) atoms. The second kappa shape index (κ2) is 6.91. The third kappa shape index (κ3) is 4.14. The molecule has 0 saturated heterocycles. The average Bonchev–Trinajstić information content (AvgIpc) is 2.42. The van der Waals surface area contributed by atoms with Crippen molar-refractivity contribution in [3.63, 3.8) is 0 Å². The van der Waals surface area contributed by atoms with Crippen LogP contribution in [0.3, 0.4) is 0 Å². The quantitative estimate of drug-likeness (QED) is 0.608. The first-order valence-electron chi connectivity index (χ1n) is 5.23. The predicted octanol–water partition coefficient (Wildman–Crippen LogP) is 0.796. The number of nitriles is 1. The van der Waals surface area contributed by atoms with Gasteiger partial charge in [0.15, 0.2) is 0 Å². The molecule has 0 radical (unpaired) electrons. The van der Waals surface area contributed by atoms with E-state index >= 15 is 0 Å². The molecule has 0 aliphatic heterocycles. The predicted molar refractivity (Wildman–Crippen MR) is 63.6 cm³/mol. The topological polar surface area (TPSA) is 91.2 Å². The highest BCUT2D eigenvalue weighted by Crippen LogP contribution is 2.05. The first-order valence-corrected chi connectivity index (χ1v) is 5.23. The van der Waals surface area contributed by atoms with Crippen LogP contribution in [0, 0.1) is 11.3 Å². The minimum atomic E-state index is -0.409. The summed E-state index contributed by atoms with van der Waals surface area (Å²) >= 11 is 0. The van der Waals surface area contributed by atoms with Crippen molar-refractivity contribution in [3.05, 3.63) is 35.4 Å². The van der Waals surface area contributed by atoms with Crippen LogP contribution >= 0.6 is 0 Å². The van der Waals surface area contributed by atoms with E-state index in [1.807, 2.05) is 0 Å². The van der Waals surface area contributed by atoms with Gasteiger partial charge in [-0.3, -0.25) is 0 Å². The molecule has 1 rings (SSSR count). The molecule has 0 aliphatic rings. The number of esters is 1. The van der Waals surface area contributed by atoms with Gasteiger partial charge < -0.3 is 15.4 Å². The number of rotatable bonds is 4. The highest BCUT2D eigenvalue weighted by Gasteiger charge is 2.04. The van der Waals surface area contributed by atoms with Crippen molar-refractivity contribution in [2.24, 2.45) is 0 Å². The van der Waals surface area contributed by atoms with E-state index in [4.69, 9.17) is 5.26 Å². The molecule has 0 aliphatic carbocycles. The van der Waals surface area contributed by atoms with Crippen molar-refractivity contribution in [1.82, 2.24) is 10.6 Å². The minimum Gasteiger partial charge on any atom is -0.465 e. The van der Waals surface area contributed by atoms with Crippen molar-refractivity contribution in [2.75, 3.05) is 13.7 Å². The zero-order valence-corrected chi connectivity index (χ0v) is 9.90. The Morgan fingerprint density at radius 2 is 1.94 bits per heavy atom. The van der Waals surface area contributed by atoms with E-state index < -0.39 is 12.0 Å². The lowest BCUT2D eigenvalue weighted by Crippen LogP contribution is -2.35. The van der Waals surface area contributed by atoms with Gasteiger partial charge >= 0.3 is 12.0 Å². The van der Waals surface area contributed by atoms with Crippen molar-refractivity contribution >= 4 is 12.0 Å². The van der Waals surface area contributed by atoms with E-state index in [0.29, 0.717) is 12.1 Å². The molecule has 1 aromatic carbocycles. The van der Waals surface area contributed by atoms with Crippen LogP contribution in [0.25, 0.3) is 0 Å². The molecule has 0 bridgehead atoms. The highest BCUT2D eigenvalue weighted by atomic mass is 16.5. The van der Waals surface area contributed by atoms with Crippen LogP contribution in [-0.4, -0.2) is 25.7 Å². The van der Waals surface area contributed by atoms with Crippen LogP contribution in [-0.2, 0) is 11.3 Å². The van der Waals surface area contributed by atoms with Gasteiger partial charge in [-0.15, -0.1) is 0 Å². The van der Waals surface area contributed by atoms with Crippen molar-refractivity contribution < 1.29 is 14.3 Å². The summed E-state index contributed by atoms with van der Waals surface area (Å²) in [6.07, 6.45) is 0. The standard InChI is InChI=1S/C12H13N3O3/c1-18-11(16)10-4-2-9(3-5-10)8-15-12(17)14-7-6-13/h2-5H,7-8H2,1H3,(H2,14,15,17). The van der Waals surface area contributed by atoms with Crippen molar-refractivity contribution in [1.29, 1.82) is 5.26 Å². The molecule has 0 atom stereocenters. The Bertz CT molecular complexity index is 462. The van der Waals surface area contributed by atoms with Gasteiger partial charge in [0.2, 0.25) is 0 Å². The normalized spacial score (nSPS) is 9.11. The number of nitrogens with one attached hydrogen (secondary N) is 2. The number of methoxy groups -OCH3 is 1. The fraction of sp³-hybridized carbons (Fsp3) is 0.250. The number of hydrogen-bond acceptors (Lipinski definition) is 4. The van der Waals surface area contributed by atoms with E-state index in [-0.39, 0.29) is 6.54 Å². The molecule has 0 spiro atoms. The number of carbonyl (C=O) groups is 2. The second-order valence-corrected chi connectivity index (χ2v) is 3.38. The lowest BCUT2D eigenvalue weighted by molar-refractivity contribution is 0.0600. The van der Waals surface area contributed by atoms with Gasteiger partial charge in [-0.05, 0) is 17.7 Å². The van der Waals surface area contributed by atoms with Crippen LogP contribution in [0.2, 0.25) is 0 Å². The number of benzene rings is 1. The van der Waals surface area contributed by atoms with Gasteiger partial charge in [0.25, 0.3) is 0 Å². The SMILES string of the molecule is COC(=O)c1ccc(CNC(=O)NCC#N)cc1. The average molecular weight is 247 g/mol. The zero-order valence-electron chi connectivity index (χ0n) is 9.90. The Morgan fingerprint density at radius 3 is 2.50 bits per heavy atom. The molecular weight excluding hydrogens is 234 g/mol. The Hall–Kier alpha value is -2.55. The lowest BCUT2D eigenvalue weighted by atomic mass is 10.1. The van der Waals surface area contributed by atoms with Crippen molar-refractivity contribution in [2.45, 2.75) is 6.54 Å². The van der Waals surface area contributed by atoms with Crippen LogP contribution in [0.1, 0.15) is 15.9 Å². The second-order valence-electron chi connectivity index (χ2n) is 3.38. The molecule has 0 saturated carbocycles. The van der Waals surface area contributed by atoms with Crippen LogP contribution in [0.5, 0.6) is 0 Å². The monoisotopic (exact) mass is 247 g/mol. The summed E-state index contributed by atoms with van der Waals surface area (Å²) in [5, 5.41) is 13.2. The molecule has 0 aromatic heterocycles. The van der Waals surface area contributed by atoms with Crippen LogP contribution < -0.4 is 10.6 Å². The molecule has 94 valence electrons. The fourth-order valence-corrected chi connectivity index (χ4v) is 1.24. The number of ether oxygens (including phenoxy) is 1. The first kappa shape index (κ1) is 13.5. The number of urea groups is 1. The summed E-state index contributed by atoms with van der Waals surface area (Å²) in [6.45, 7) is 0.284. The molecule has 6 heteroatoms. The fourth-order valence-electron chi connectivity index (χ4n) is 1.24. The van der Waals surface area contributed by atoms with E-state index in [1.165, 1.54) is 7.11 Å². The molecular formula is C12H13N3O3.